The van der Waals surface area contributed by atoms with Gasteiger partial charge in [0.05, 0.1) is 12.3 Å². The molecule has 4 heteroatoms. The van der Waals surface area contributed by atoms with E-state index in [0.29, 0.717) is 17.3 Å². The Morgan fingerprint density at radius 1 is 1.60 bits per heavy atom. The second-order valence-corrected chi connectivity index (χ2v) is 3.38. The van der Waals surface area contributed by atoms with Crippen molar-refractivity contribution in [3.8, 4) is 0 Å². The first kappa shape index (κ1) is 11.7. The SMILES string of the molecule is CCOC(=O)C=Nc1ccc(Cl)cc1C. The molecule has 0 heterocycles. The van der Waals surface area contributed by atoms with Crippen LogP contribution in [0.15, 0.2) is 23.2 Å². The molecule has 0 aliphatic rings. The summed E-state index contributed by atoms with van der Waals surface area (Å²) in [5, 5.41) is 0.655. The molecule has 0 aliphatic heterocycles. The summed E-state index contributed by atoms with van der Waals surface area (Å²) < 4.78 is 4.71. The van der Waals surface area contributed by atoms with Crippen molar-refractivity contribution in [2.45, 2.75) is 13.8 Å². The van der Waals surface area contributed by atoms with Crippen LogP contribution in [0.2, 0.25) is 5.02 Å². The van der Waals surface area contributed by atoms with Crippen LogP contribution in [0.5, 0.6) is 0 Å². The molecule has 0 aliphatic carbocycles. The number of hydrogen-bond donors (Lipinski definition) is 0. The molecule has 0 radical (unpaired) electrons. The highest BCUT2D eigenvalue weighted by molar-refractivity contribution is 6.30. The van der Waals surface area contributed by atoms with Crippen molar-refractivity contribution in [1.82, 2.24) is 0 Å². The highest BCUT2D eigenvalue weighted by Gasteiger charge is 1.98. The number of nitrogens with zero attached hydrogens (tertiary/aromatic N) is 1. The first-order valence-corrected chi connectivity index (χ1v) is 4.98. The first-order valence-electron chi connectivity index (χ1n) is 4.60. The Bertz CT molecular complexity index is 388. The van der Waals surface area contributed by atoms with E-state index in [1.54, 1.807) is 25.1 Å². The lowest BCUT2D eigenvalue weighted by Crippen LogP contribution is -2.04. The molecule has 0 atom stereocenters. The molecule has 0 N–H and O–H groups in total. The van der Waals surface area contributed by atoms with Crippen LogP contribution in [0.3, 0.4) is 0 Å². The summed E-state index contributed by atoms with van der Waals surface area (Å²) in [6.45, 7) is 3.98. The van der Waals surface area contributed by atoms with Crippen LogP contribution >= 0.6 is 11.6 Å². The van der Waals surface area contributed by atoms with Crippen LogP contribution in [-0.2, 0) is 9.53 Å². The predicted molar refractivity (Wildman–Crippen MR) is 61.0 cm³/mol. The first-order chi connectivity index (χ1) is 7.13. The molecule has 0 saturated heterocycles. The number of halogens is 1. The maximum atomic E-state index is 11.0. The van der Waals surface area contributed by atoms with E-state index in [2.05, 4.69) is 4.99 Å². The van der Waals surface area contributed by atoms with Crippen molar-refractivity contribution in [3.63, 3.8) is 0 Å². The average molecular weight is 226 g/mol. The third kappa shape index (κ3) is 3.72. The molecular formula is C11H12ClNO2. The van der Waals surface area contributed by atoms with Crippen molar-refractivity contribution >= 4 is 29.5 Å². The molecule has 1 aromatic rings. The molecule has 0 aromatic heterocycles. The number of esters is 1. The predicted octanol–water partition coefficient (Wildman–Crippen LogP) is 2.91. The quantitative estimate of drug-likeness (QED) is 0.586. The zero-order valence-electron chi connectivity index (χ0n) is 8.66. The largest absolute Gasteiger partial charge is 0.462 e. The van der Waals surface area contributed by atoms with E-state index in [-0.39, 0.29) is 0 Å². The monoisotopic (exact) mass is 225 g/mol. The smallest absolute Gasteiger partial charge is 0.349 e. The van der Waals surface area contributed by atoms with Crippen molar-refractivity contribution in [3.05, 3.63) is 28.8 Å². The van der Waals surface area contributed by atoms with Crippen LogP contribution in [0, 0.1) is 6.92 Å². The third-order valence-electron chi connectivity index (χ3n) is 1.75. The van der Waals surface area contributed by atoms with Gasteiger partial charge in [0.15, 0.2) is 0 Å². The molecule has 0 spiro atoms. The summed E-state index contributed by atoms with van der Waals surface area (Å²) in [6, 6.07) is 5.28. The van der Waals surface area contributed by atoms with Crippen LogP contribution < -0.4 is 0 Å². The fourth-order valence-corrected chi connectivity index (χ4v) is 1.29. The second kappa shape index (κ2) is 5.51. The van der Waals surface area contributed by atoms with Crippen LogP contribution in [0.25, 0.3) is 0 Å². The maximum absolute atomic E-state index is 11.0. The van der Waals surface area contributed by atoms with Gasteiger partial charge >= 0.3 is 5.97 Å². The molecule has 1 aromatic carbocycles. The minimum absolute atomic E-state index is 0.352. The number of ether oxygens (including phenoxy) is 1. The fourth-order valence-electron chi connectivity index (χ4n) is 1.07. The Morgan fingerprint density at radius 3 is 2.93 bits per heavy atom. The molecule has 80 valence electrons. The summed E-state index contributed by atoms with van der Waals surface area (Å²) in [7, 11) is 0. The maximum Gasteiger partial charge on any atom is 0.349 e. The summed E-state index contributed by atoms with van der Waals surface area (Å²) in [4.78, 5) is 15.0. The number of aliphatic imine (C=N–C) groups is 1. The number of rotatable bonds is 3. The highest BCUT2D eigenvalue weighted by Crippen LogP contribution is 2.21. The summed E-state index contributed by atoms with van der Waals surface area (Å²) in [6.07, 6.45) is 1.17. The van der Waals surface area contributed by atoms with Crippen molar-refractivity contribution in [2.24, 2.45) is 4.99 Å². The van der Waals surface area contributed by atoms with Gasteiger partial charge in [-0.05, 0) is 37.6 Å². The number of carbonyl (C=O) groups is 1. The van der Waals surface area contributed by atoms with Gasteiger partial charge in [0.25, 0.3) is 0 Å². The van der Waals surface area contributed by atoms with E-state index in [9.17, 15) is 4.79 Å². The minimum atomic E-state index is -0.438. The lowest BCUT2D eigenvalue weighted by atomic mass is 10.2. The Kier molecular flexibility index (Phi) is 4.31. The van der Waals surface area contributed by atoms with Gasteiger partial charge in [-0.15, -0.1) is 0 Å². The number of carbonyl (C=O) groups excluding carboxylic acids is 1. The molecule has 3 nitrogen and oxygen atoms in total. The van der Waals surface area contributed by atoms with E-state index in [1.807, 2.05) is 6.92 Å². The molecule has 0 unspecified atom stereocenters. The normalized spacial score (nSPS) is 10.6. The van der Waals surface area contributed by atoms with E-state index in [4.69, 9.17) is 16.3 Å². The van der Waals surface area contributed by atoms with Crippen LogP contribution in [-0.4, -0.2) is 18.8 Å². The third-order valence-corrected chi connectivity index (χ3v) is 1.99. The number of aryl methyl sites for hydroxylation is 1. The summed E-state index contributed by atoms with van der Waals surface area (Å²) in [5.74, 6) is -0.438. The van der Waals surface area contributed by atoms with Gasteiger partial charge in [-0.2, -0.15) is 0 Å². The number of hydrogen-bond acceptors (Lipinski definition) is 3. The Labute approximate surface area is 93.7 Å². The van der Waals surface area contributed by atoms with Gasteiger partial charge < -0.3 is 4.74 Å². The van der Waals surface area contributed by atoms with Gasteiger partial charge in [0, 0.05) is 5.02 Å². The van der Waals surface area contributed by atoms with Crippen LogP contribution in [0.1, 0.15) is 12.5 Å². The molecule has 0 saturated carbocycles. The van der Waals surface area contributed by atoms with E-state index in [0.717, 1.165) is 5.56 Å². The highest BCUT2D eigenvalue weighted by atomic mass is 35.5. The van der Waals surface area contributed by atoms with Gasteiger partial charge in [-0.25, -0.2) is 9.79 Å². The molecule has 0 amide bonds. The van der Waals surface area contributed by atoms with Gasteiger partial charge in [0.1, 0.15) is 6.21 Å². The summed E-state index contributed by atoms with van der Waals surface area (Å²) in [5.41, 5.74) is 1.63. The van der Waals surface area contributed by atoms with E-state index in [1.165, 1.54) is 6.21 Å². The topological polar surface area (TPSA) is 38.7 Å². The molecule has 1 rings (SSSR count). The van der Waals surface area contributed by atoms with Crippen molar-refractivity contribution in [1.29, 1.82) is 0 Å². The Morgan fingerprint density at radius 2 is 2.33 bits per heavy atom. The van der Waals surface area contributed by atoms with E-state index < -0.39 is 5.97 Å². The van der Waals surface area contributed by atoms with Gasteiger partial charge in [-0.1, -0.05) is 11.6 Å². The fraction of sp³-hybridized carbons (Fsp3) is 0.273. The zero-order valence-corrected chi connectivity index (χ0v) is 9.41. The lowest BCUT2D eigenvalue weighted by Gasteiger charge is -1.99. The Hall–Kier alpha value is -1.35. The second-order valence-electron chi connectivity index (χ2n) is 2.94. The zero-order chi connectivity index (χ0) is 11.3. The van der Waals surface area contributed by atoms with Gasteiger partial charge in [0.2, 0.25) is 0 Å². The lowest BCUT2D eigenvalue weighted by molar-refractivity contribution is -0.134. The molecular weight excluding hydrogens is 214 g/mol. The number of benzene rings is 1. The van der Waals surface area contributed by atoms with Crippen molar-refractivity contribution < 1.29 is 9.53 Å². The molecule has 0 fully saturated rings. The standard InChI is InChI=1S/C11H12ClNO2/c1-3-15-11(14)7-13-10-5-4-9(12)6-8(10)2/h4-7H,3H2,1-2H3. The average Bonchev–Trinajstić information content (AvgIpc) is 2.17. The molecule has 0 bridgehead atoms. The van der Waals surface area contributed by atoms with E-state index >= 15 is 0 Å². The molecule has 15 heavy (non-hydrogen) atoms. The van der Waals surface area contributed by atoms with Gasteiger partial charge in [-0.3, -0.25) is 0 Å². The minimum Gasteiger partial charge on any atom is -0.462 e. The summed E-state index contributed by atoms with van der Waals surface area (Å²) >= 11 is 5.79. The van der Waals surface area contributed by atoms with Crippen LogP contribution in [0.4, 0.5) is 5.69 Å². The van der Waals surface area contributed by atoms with Crippen molar-refractivity contribution in [2.75, 3.05) is 6.61 Å². The Balaban J connectivity index is 2.76.